The second-order valence-corrected chi connectivity index (χ2v) is 3.26. The summed E-state index contributed by atoms with van der Waals surface area (Å²) in [5.41, 5.74) is 3.48. The molecule has 14 heavy (non-hydrogen) atoms. The standard InChI is InChI=1S/C12H13NO/c1-9-5-6-10(8-11(9)13-2)12-4-3-7-14-12/h3-8,13H,1-2H3. The molecule has 1 N–H and O–H groups in total. The molecule has 1 aromatic heterocycles. The number of nitrogens with one attached hydrogen (secondary N) is 1. The first-order valence-electron chi connectivity index (χ1n) is 4.63. The van der Waals surface area contributed by atoms with Crippen LogP contribution in [0.2, 0.25) is 0 Å². The van der Waals surface area contributed by atoms with Crippen LogP contribution in [-0.4, -0.2) is 7.05 Å². The van der Waals surface area contributed by atoms with Gasteiger partial charge in [0.15, 0.2) is 0 Å². The zero-order valence-electron chi connectivity index (χ0n) is 8.37. The highest BCUT2D eigenvalue weighted by Gasteiger charge is 2.02. The van der Waals surface area contributed by atoms with E-state index in [2.05, 4.69) is 30.4 Å². The van der Waals surface area contributed by atoms with Gasteiger partial charge in [-0.2, -0.15) is 0 Å². The van der Waals surface area contributed by atoms with E-state index in [-0.39, 0.29) is 0 Å². The molecule has 0 aliphatic heterocycles. The fraction of sp³-hybridized carbons (Fsp3) is 0.167. The second-order valence-electron chi connectivity index (χ2n) is 3.26. The maximum Gasteiger partial charge on any atom is 0.133 e. The fourth-order valence-electron chi connectivity index (χ4n) is 1.49. The average Bonchev–Trinajstić information content (AvgIpc) is 2.71. The van der Waals surface area contributed by atoms with Crippen molar-refractivity contribution in [1.29, 1.82) is 0 Å². The van der Waals surface area contributed by atoms with E-state index in [1.165, 1.54) is 5.56 Å². The largest absolute Gasteiger partial charge is 0.464 e. The van der Waals surface area contributed by atoms with E-state index in [1.807, 2.05) is 19.2 Å². The van der Waals surface area contributed by atoms with E-state index in [9.17, 15) is 0 Å². The van der Waals surface area contributed by atoms with Gasteiger partial charge in [0.1, 0.15) is 5.76 Å². The number of hydrogen-bond acceptors (Lipinski definition) is 2. The van der Waals surface area contributed by atoms with E-state index in [0.717, 1.165) is 17.0 Å². The molecule has 0 bridgehead atoms. The third-order valence-corrected chi connectivity index (χ3v) is 2.31. The molecule has 0 unspecified atom stereocenters. The van der Waals surface area contributed by atoms with Gasteiger partial charge < -0.3 is 9.73 Å². The van der Waals surface area contributed by atoms with E-state index < -0.39 is 0 Å². The number of rotatable bonds is 2. The quantitative estimate of drug-likeness (QED) is 0.780. The summed E-state index contributed by atoms with van der Waals surface area (Å²) in [6.07, 6.45) is 1.69. The highest BCUT2D eigenvalue weighted by atomic mass is 16.3. The molecule has 0 aliphatic carbocycles. The number of anilines is 1. The Hall–Kier alpha value is -1.70. The molecule has 0 saturated carbocycles. The Morgan fingerprint density at radius 2 is 2.07 bits per heavy atom. The smallest absolute Gasteiger partial charge is 0.133 e. The molecule has 0 aliphatic rings. The Morgan fingerprint density at radius 3 is 2.71 bits per heavy atom. The van der Waals surface area contributed by atoms with E-state index in [0.29, 0.717) is 0 Å². The highest BCUT2D eigenvalue weighted by Crippen LogP contribution is 2.25. The van der Waals surface area contributed by atoms with Crippen molar-refractivity contribution in [2.75, 3.05) is 12.4 Å². The van der Waals surface area contributed by atoms with Gasteiger partial charge in [0.2, 0.25) is 0 Å². The highest BCUT2D eigenvalue weighted by molar-refractivity contribution is 5.66. The summed E-state index contributed by atoms with van der Waals surface area (Å²) in [5, 5.41) is 3.16. The van der Waals surface area contributed by atoms with Crippen LogP contribution in [-0.2, 0) is 0 Å². The van der Waals surface area contributed by atoms with Crippen molar-refractivity contribution in [2.45, 2.75) is 6.92 Å². The van der Waals surface area contributed by atoms with Crippen LogP contribution in [0.1, 0.15) is 5.56 Å². The van der Waals surface area contributed by atoms with Crippen LogP contribution in [0.25, 0.3) is 11.3 Å². The van der Waals surface area contributed by atoms with Gasteiger partial charge in [0, 0.05) is 18.3 Å². The SMILES string of the molecule is CNc1cc(-c2ccco2)ccc1C. The van der Waals surface area contributed by atoms with E-state index >= 15 is 0 Å². The molecule has 0 atom stereocenters. The predicted molar refractivity (Wildman–Crippen MR) is 58.4 cm³/mol. The van der Waals surface area contributed by atoms with Crippen molar-refractivity contribution >= 4 is 5.69 Å². The number of furan rings is 1. The van der Waals surface area contributed by atoms with Gasteiger partial charge >= 0.3 is 0 Å². The topological polar surface area (TPSA) is 25.2 Å². The molecule has 72 valence electrons. The normalized spacial score (nSPS) is 10.1. The zero-order valence-corrected chi connectivity index (χ0v) is 8.37. The van der Waals surface area contributed by atoms with Crippen molar-refractivity contribution in [3.8, 4) is 11.3 Å². The van der Waals surface area contributed by atoms with Gasteiger partial charge in [-0.1, -0.05) is 12.1 Å². The molecule has 0 fully saturated rings. The molecule has 0 amide bonds. The lowest BCUT2D eigenvalue weighted by atomic mass is 10.1. The van der Waals surface area contributed by atoms with Gasteiger partial charge in [0.25, 0.3) is 0 Å². The minimum atomic E-state index is 0.904. The molecule has 0 spiro atoms. The molecule has 2 heteroatoms. The fourth-order valence-corrected chi connectivity index (χ4v) is 1.49. The van der Waals surface area contributed by atoms with Crippen molar-refractivity contribution in [2.24, 2.45) is 0 Å². The number of aryl methyl sites for hydroxylation is 1. The predicted octanol–water partition coefficient (Wildman–Crippen LogP) is 3.30. The lowest BCUT2D eigenvalue weighted by Gasteiger charge is -2.06. The number of hydrogen-bond donors (Lipinski definition) is 1. The Bertz CT molecular complexity index is 418. The lowest BCUT2D eigenvalue weighted by Crippen LogP contribution is -1.91. The van der Waals surface area contributed by atoms with Crippen LogP contribution < -0.4 is 5.32 Å². The first-order chi connectivity index (χ1) is 6.81. The maximum absolute atomic E-state index is 5.33. The Balaban J connectivity index is 2.46. The molecular formula is C12H13NO. The Morgan fingerprint density at radius 1 is 1.21 bits per heavy atom. The second kappa shape index (κ2) is 3.58. The Labute approximate surface area is 83.6 Å². The summed E-state index contributed by atoms with van der Waals surface area (Å²) < 4.78 is 5.33. The monoisotopic (exact) mass is 187 g/mol. The molecular weight excluding hydrogens is 174 g/mol. The van der Waals surface area contributed by atoms with Crippen LogP contribution >= 0.6 is 0 Å². The lowest BCUT2D eigenvalue weighted by molar-refractivity contribution is 0.582. The summed E-state index contributed by atoms with van der Waals surface area (Å²) in [7, 11) is 1.92. The minimum absolute atomic E-state index is 0.904. The summed E-state index contributed by atoms with van der Waals surface area (Å²) in [6.45, 7) is 2.08. The first-order valence-corrected chi connectivity index (χ1v) is 4.63. The molecule has 0 radical (unpaired) electrons. The third kappa shape index (κ3) is 1.51. The molecule has 2 nitrogen and oxygen atoms in total. The van der Waals surface area contributed by atoms with Gasteiger partial charge in [-0.15, -0.1) is 0 Å². The van der Waals surface area contributed by atoms with Gasteiger partial charge in [-0.3, -0.25) is 0 Å². The van der Waals surface area contributed by atoms with E-state index in [4.69, 9.17) is 4.42 Å². The molecule has 2 aromatic rings. The molecule has 1 heterocycles. The van der Waals surface area contributed by atoms with Gasteiger partial charge in [-0.05, 0) is 30.7 Å². The van der Waals surface area contributed by atoms with Crippen LogP contribution in [0.5, 0.6) is 0 Å². The molecule has 0 saturated heterocycles. The number of benzene rings is 1. The van der Waals surface area contributed by atoms with Gasteiger partial charge in [0.05, 0.1) is 6.26 Å². The summed E-state index contributed by atoms with van der Waals surface area (Å²) >= 11 is 0. The van der Waals surface area contributed by atoms with Crippen LogP contribution in [0, 0.1) is 6.92 Å². The Kier molecular flexibility index (Phi) is 2.27. The third-order valence-electron chi connectivity index (χ3n) is 2.31. The van der Waals surface area contributed by atoms with Crippen molar-refractivity contribution in [3.63, 3.8) is 0 Å². The van der Waals surface area contributed by atoms with Gasteiger partial charge in [-0.25, -0.2) is 0 Å². The van der Waals surface area contributed by atoms with Crippen molar-refractivity contribution in [1.82, 2.24) is 0 Å². The first kappa shape index (κ1) is 8.88. The summed E-state index contributed by atoms with van der Waals surface area (Å²) in [5.74, 6) is 0.904. The average molecular weight is 187 g/mol. The molecule has 1 aromatic carbocycles. The minimum Gasteiger partial charge on any atom is -0.464 e. The van der Waals surface area contributed by atoms with Crippen LogP contribution in [0.4, 0.5) is 5.69 Å². The van der Waals surface area contributed by atoms with Crippen LogP contribution in [0.15, 0.2) is 41.0 Å². The van der Waals surface area contributed by atoms with Crippen LogP contribution in [0.3, 0.4) is 0 Å². The molecule has 2 rings (SSSR count). The zero-order chi connectivity index (χ0) is 9.97. The summed E-state index contributed by atoms with van der Waals surface area (Å²) in [6, 6.07) is 10.1. The van der Waals surface area contributed by atoms with Crippen molar-refractivity contribution < 1.29 is 4.42 Å². The van der Waals surface area contributed by atoms with Crippen molar-refractivity contribution in [3.05, 3.63) is 42.2 Å². The van der Waals surface area contributed by atoms with E-state index in [1.54, 1.807) is 6.26 Å². The summed E-state index contributed by atoms with van der Waals surface area (Å²) in [4.78, 5) is 0. The maximum atomic E-state index is 5.33.